The van der Waals surface area contributed by atoms with Gasteiger partial charge in [0.05, 0.1) is 12.0 Å². The smallest absolute Gasteiger partial charge is 0.313 e. The Hall–Kier alpha value is -1.09. The molecule has 19 heavy (non-hydrogen) atoms. The van der Waals surface area contributed by atoms with Crippen molar-refractivity contribution in [3.8, 4) is 0 Å². The first-order chi connectivity index (χ1) is 9.14. The second kappa shape index (κ2) is 4.78. The number of hydrogen-bond acceptors (Lipinski definition) is 2. The molecule has 3 heteroatoms. The third-order valence-corrected chi connectivity index (χ3v) is 5.05. The molecule has 2 unspecified atom stereocenters. The zero-order chi connectivity index (χ0) is 13.5. The van der Waals surface area contributed by atoms with E-state index in [1.807, 2.05) is 0 Å². The van der Waals surface area contributed by atoms with Crippen LogP contribution in [-0.2, 0) is 21.3 Å². The Kier molecular flexibility index (Phi) is 3.25. The number of cyclic esters (lactones) is 1. The number of esters is 1. The first kappa shape index (κ1) is 12.9. The second-order valence-electron chi connectivity index (χ2n) is 5.71. The highest BCUT2D eigenvalue weighted by molar-refractivity contribution is 9.08. The largest absolute Gasteiger partial charge is 0.465 e. The molecule has 0 N–H and O–H groups in total. The molecule has 1 saturated heterocycles. The summed E-state index contributed by atoms with van der Waals surface area (Å²) in [5, 5.41) is 0.861. The maximum absolute atomic E-state index is 12.2. The van der Waals surface area contributed by atoms with Crippen LogP contribution < -0.4 is 0 Å². The van der Waals surface area contributed by atoms with Gasteiger partial charge in [-0.2, -0.15) is 0 Å². The average molecular weight is 321 g/mol. The summed E-state index contributed by atoms with van der Waals surface area (Å²) in [6, 6.07) is 8.46. The fraction of sp³-hybridized carbons (Fsp3) is 0.438. The molecule has 0 bridgehead atoms. The summed E-state index contributed by atoms with van der Waals surface area (Å²) >= 11 is 3.45. The number of rotatable bonds is 3. The van der Waals surface area contributed by atoms with Crippen molar-refractivity contribution in [1.29, 1.82) is 0 Å². The molecule has 1 aliphatic heterocycles. The van der Waals surface area contributed by atoms with Crippen molar-refractivity contribution >= 4 is 21.9 Å². The van der Waals surface area contributed by atoms with Gasteiger partial charge >= 0.3 is 5.97 Å². The molecule has 2 aliphatic rings. The lowest BCUT2D eigenvalue weighted by Crippen LogP contribution is -2.31. The highest BCUT2D eigenvalue weighted by atomic mass is 79.9. The summed E-state index contributed by atoms with van der Waals surface area (Å²) in [5.41, 5.74) is 3.32. The molecular weight excluding hydrogens is 304 g/mol. The summed E-state index contributed by atoms with van der Waals surface area (Å²) in [6.45, 7) is 4.64. The van der Waals surface area contributed by atoms with Gasteiger partial charge in [0.25, 0.3) is 0 Å². The number of carbonyl (C=O) groups excluding carboxylic acids is 1. The maximum atomic E-state index is 12.2. The van der Waals surface area contributed by atoms with Crippen molar-refractivity contribution in [3.63, 3.8) is 0 Å². The molecule has 2 atom stereocenters. The first-order valence-corrected chi connectivity index (χ1v) is 7.74. The van der Waals surface area contributed by atoms with Crippen LogP contribution in [0.5, 0.6) is 0 Å². The lowest BCUT2D eigenvalue weighted by Gasteiger charge is -2.24. The van der Waals surface area contributed by atoms with Crippen LogP contribution in [0, 0.1) is 11.3 Å². The van der Waals surface area contributed by atoms with Gasteiger partial charge in [-0.1, -0.05) is 52.3 Å². The van der Waals surface area contributed by atoms with Gasteiger partial charge < -0.3 is 4.74 Å². The summed E-state index contributed by atoms with van der Waals surface area (Å²) in [4.78, 5) is 12.2. The molecule has 2 fully saturated rings. The van der Waals surface area contributed by atoms with Crippen LogP contribution in [0.15, 0.2) is 36.4 Å². The van der Waals surface area contributed by atoms with Crippen LogP contribution in [0.4, 0.5) is 0 Å². The van der Waals surface area contributed by atoms with E-state index < -0.39 is 0 Å². The second-order valence-corrected chi connectivity index (χ2v) is 6.27. The Bertz CT molecular complexity index is 520. The van der Waals surface area contributed by atoms with E-state index in [4.69, 9.17) is 4.74 Å². The van der Waals surface area contributed by atoms with Crippen molar-refractivity contribution in [1.82, 2.24) is 0 Å². The molecule has 0 radical (unpaired) electrons. The van der Waals surface area contributed by atoms with Gasteiger partial charge in [0.2, 0.25) is 0 Å². The van der Waals surface area contributed by atoms with Gasteiger partial charge in [-0.3, -0.25) is 4.79 Å². The third-order valence-electron chi connectivity index (χ3n) is 4.40. The molecule has 1 heterocycles. The zero-order valence-electron chi connectivity index (χ0n) is 10.8. The standard InChI is InChI=1S/C16H17BrO2/c1-11-6-14-10-19-15(18)16(14,7-11)8-12-2-4-13(9-17)5-3-12/h2-5,14H,1,6-10H2. The Balaban J connectivity index is 1.87. The van der Waals surface area contributed by atoms with Gasteiger partial charge in [-0.15, -0.1) is 0 Å². The predicted molar refractivity (Wildman–Crippen MR) is 78.0 cm³/mol. The Morgan fingerprint density at radius 2 is 2.00 bits per heavy atom. The normalized spacial score (nSPS) is 29.4. The number of allylic oxidation sites excluding steroid dienone is 1. The van der Waals surface area contributed by atoms with Crippen LogP contribution in [0.1, 0.15) is 24.0 Å². The van der Waals surface area contributed by atoms with Gasteiger partial charge in [-0.25, -0.2) is 0 Å². The molecule has 0 spiro atoms. The molecule has 100 valence electrons. The molecule has 1 aliphatic carbocycles. The maximum Gasteiger partial charge on any atom is 0.313 e. The average Bonchev–Trinajstić information content (AvgIpc) is 2.87. The quantitative estimate of drug-likeness (QED) is 0.483. The van der Waals surface area contributed by atoms with Crippen LogP contribution >= 0.6 is 15.9 Å². The lowest BCUT2D eigenvalue weighted by atomic mass is 9.75. The van der Waals surface area contributed by atoms with Gasteiger partial charge in [0, 0.05) is 11.2 Å². The lowest BCUT2D eigenvalue weighted by molar-refractivity contribution is -0.146. The fourth-order valence-electron chi connectivity index (χ4n) is 3.37. The van der Waals surface area contributed by atoms with Gasteiger partial charge in [0.15, 0.2) is 0 Å². The van der Waals surface area contributed by atoms with Crippen molar-refractivity contribution in [3.05, 3.63) is 47.5 Å². The highest BCUT2D eigenvalue weighted by Gasteiger charge is 2.55. The first-order valence-electron chi connectivity index (χ1n) is 6.62. The minimum absolute atomic E-state index is 0.0271. The highest BCUT2D eigenvalue weighted by Crippen LogP contribution is 2.52. The molecular formula is C16H17BrO2. The third kappa shape index (κ3) is 2.14. The number of ether oxygens (including phenoxy) is 1. The molecule has 0 aromatic heterocycles. The van der Waals surface area contributed by atoms with E-state index in [1.54, 1.807) is 0 Å². The van der Waals surface area contributed by atoms with Crippen molar-refractivity contribution in [2.75, 3.05) is 6.61 Å². The molecule has 1 aromatic rings. The minimum Gasteiger partial charge on any atom is -0.465 e. The monoisotopic (exact) mass is 320 g/mol. The van der Waals surface area contributed by atoms with Crippen molar-refractivity contribution in [2.45, 2.75) is 24.6 Å². The predicted octanol–water partition coefficient (Wildman–Crippen LogP) is 3.63. The summed E-state index contributed by atoms with van der Waals surface area (Å²) in [5.74, 6) is 0.295. The van der Waals surface area contributed by atoms with E-state index in [-0.39, 0.29) is 11.4 Å². The van der Waals surface area contributed by atoms with Crippen molar-refractivity contribution < 1.29 is 9.53 Å². The number of hydrogen-bond donors (Lipinski definition) is 0. The fourth-order valence-corrected chi connectivity index (χ4v) is 3.75. The summed E-state index contributed by atoms with van der Waals surface area (Å²) in [6.07, 6.45) is 2.50. The number of fused-ring (bicyclic) bond motifs is 1. The Morgan fingerprint density at radius 1 is 1.32 bits per heavy atom. The van der Waals surface area contributed by atoms with Crippen LogP contribution in [0.2, 0.25) is 0 Å². The molecule has 3 rings (SSSR count). The Morgan fingerprint density at radius 3 is 2.68 bits per heavy atom. The minimum atomic E-state index is -0.340. The van der Waals surface area contributed by atoms with E-state index in [1.165, 1.54) is 16.7 Å². The van der Waals surface area contributed by atoms with Crippen LogP contribution in [0.3, 0.4) is 0 Å². The van der Waals surface area contributed by atoms with Crippen LogP contribution in [-0.4, -0.2) is 12.6 Å². The van der Waals surface area contributed by atoms with Crippen molar-refractivity contribution in [2.24, 2.45) is 11.3 Å². The summed E-state index contributed by atoms with van der Waals surface area (Å²) in [7, 11) is 0. The molecule has 0 amide bonds. The van der Waals surface area contributed by atoms with Gasteiger partial charge in [-0.05, 0) is 30.4 Å². The molecule has 1 aromatic carbocycles. The van der Waals surface area contributed by atoms with E-state index in [0.29, 0.717) is 12.5 Å². The number of benzene rings is 1. The van der Waals surface area contributed by atoms with E-state index in [9.17, 15) is 4.79 Å². The Labute approximate surface area is 122 Å². The summed E-state index contributed by atoms with van der Waals surface area (Å²) < 4.78 is 5.30. The topological polar surface area (TPSA) is 26.3 Å². The number of carbonyl (C=O) groups is 1. The van der Waals surface area contributed by atoms with E-state index in [0.717, 1.165) is 24.6 Å². The zero-order valence-corrected chi connectivity index (χ0v) is 12.4. The van der Waals surface area contributed by atoms with E-state index >= 15 is 0 Å². The number of halogens is 1. The molecule has 2 nitrogen and oxygen atoms in total. The van der Waals surface area contributed by atoms with Gasteiger partial charge in [0.1, 0.15) is 0 Å². The SMILES string of the molecule is C=C1CC2COC(=O)C2(Cc2ccc(CBr)cc2)C1. The van der Waals surface area contributed by atoms with E-state index in [2.05, 4.69) is 46.8 Å². The van der Waals surface area contributed by atoms with Crippen LogP contribution in [0.25, 0.3) is 0 Å². The molecule has 1 saturated carbocycles. The number of alkyl halides is 1.